The lowest BCUT2D eigenvalue weighted by atomic mass is 9.89. The Morgan fingerprint density at radius 2 is 2.30 bits per heavy atom. The van der Waals surface area contributed by atoms with Crippen molar-refractivity contribution >= 4 is 5.91 Å². The summed E-state index contributed by atoms with van der Waals surface area (Å²) < 4.78 is 5.25. The number of carbonyl (C=O) groups is 1. The highest BCUT2D eigenvalue weighted by Crippen LogP contribution is 2.35. The van der Waals surface area contributed by atoms with Crippen molar-refractivity contribution in [3.05, 3.63) is 35.0 Å². The summed E-state index contributed by atoms with van der Waals surface area (Å²) in [4.78, 5) is 12.0. The second-order valence-electron chi connectivity index (χ2n) is 4.81. The molecular formula is C15H17N3O2. The molecule has 2 aromatic rings. The number of nitrogens with zero attached hydrogens (tertiary/aromatic N) is 1. The standard InChI is InChI=1S/C15H17N3O2/c1-3-16-15(19)14-12-6-4-9-8-10(20-2)5-7-11(9)13(12)17-18-14/h5,7-8H,3-4,6H2,1-2H3,(H,16,19)(H,17,18). The largest absolute Gasteiger partial charge is 0.497 e. The normalized spacial score (nSPS) is 12.5. The molecule has 0 saturated carbocycles. The molecule has 1 aromatic carbocycles. The Morgan fingerprint density at radius 3 is 3.05 bits per heavy atom. The van der Waals surface area contributed by atoms with Gasteiger partial charge in [0.25, 0.3) is 5.91 Å². The Labute approximate surface area is 117 Å². The monoisotopic (exact) mass is 271 g/mol. The van der Waals surface area contributed by atoms with Gasteiger partial charge in [-0.1, -0.05) is 0 Å². The number of fused-ring (bicyclic) bond motifs is 3. The van der Waals surface area contributed by atoms with Gasteiger partial charge >= 0.3 is 0 Å². The molecule has 0 unspecified atom stereocenters. The van der Waals surface area contributed by atoms with Gasteiger partial charge in [0.15, 0.2) is 0 Å². The molecular weight excluding hydrogens is 254 g/mol. The maximum atomic E-state index is 12.0. The number of carbonyl (C=O) groups excluding carboxylic acids is 1. The molecule has 1 aromatic heterocycles. The van der Waals surface area contributed by atoms with Crippen molar-refractivity contribution in [1.82, 2.24) is 15.5 Å². The third kappa shape index (κ3) is 1.95. The number of nitrogens with one attached hydrogen (secondary N) is 2. The molecule has 0 atom stereocenters. The summed E-state index contributed by atoms with van der Waals surface area (Å²) in [5, 5.41) is 10.0. The zero-order valence-corrected chi connectivity index (χ0v) is 11.6. The van der Waals surface area contributed by atoms with Gasteiger partial charge in [0.2, 0.25) is 0 Å². The van der Waals surface area contributed by atoms with Crippen LogP contribution in [0.5, 0.6) is 5.75 Å². The second kappa shape index (κ2) is 5.00. The SMILES string of the molecule is CCNC(=O)c1[nH]nc2c1CCc1cc(OC)ccc1-2. The smallest absolute Gasteiger partial charge is 0.269 e. The number of aryl methyl sites for hydroxylation is 1. The second-order valence-corrected chi connectivity index (χ2v) is 4.81. The van der Waals surface area contributed by atoms with Crippen molar-refractivity contribution in [2.24, 2.45) is 0 Å². The Hall–Kier alpha value is -2.30. The number of amides is 1. The van der Waals surface area contributed by atoms with Gasteiger partial charge in [0.1, 0.15) is 11.4 Å². The summed E-state index contributed by atoms with van der Waals surface area (Å²) >= 11 is 0. The molecule has 0 bridgehead atoms. The molecule has 1 aliphatic rings. The number of ether oxygens (including phenoxy) is 1. The first kappa shape index (κ1) is 12.7. The maximum absolute atomic E-state index is 12.0. The van der Waals surface area contributed by atoms with Crippen molar-refractivity contribution < 1.29 is 9.53 Å². The molecule has 1 heterocycles. The van der Waals surface area contributed by atoms with Gasteiger partial charge in [0, 0.05) is 17.7 Å². The van der Waals surface area contributed by atoms with Crippen molar-refractivity contribution in [1.29, 1.82) is 0 Å². The van der Waals surface area contributed by atoms with Crippen LogP contribution in [0.25, 0.3) is 11.3 Å². The number of aromatic amines is 1. The predicted molar refractivity (Wildman–Crippen MR) is 76.0 cm³/mol. The van der Waals surface area contributed by atoms with E-state index in [2.05, 4.69) is 15.5 Å². The van der Waals surface area contributed by atoms with E-state index in [0.717, 1.165) is 35.4 Å². The fourth-order valence-electron chi connectivity index (χ4n) is 2.66. The molecule has 20 heavy (non-hydrogen) atoms. The highest BCUT2D eigenvalue weighted by atomic mass is 16.5. The summed E-state index contributed by atoms with van der Waals surface area (Å²) in [5.74, 6) is 0.768. The van der Waals surface area contributed by atoms with Crippen LogP contribution in [0.2, 0.25) is 0 Å². The summed E-state index contributed by atoms with van der Waals surface area (Å²) in [7, 11) is 1.66. The minimum Gasteiger partial charge on any atom is -0.497 e. The molecule has 0 radical (unpaired) electrons. The van der Waals surface area contributed by atoms with Gasteiger partial charge in [-0.25, -0.2) is 0 Å². The highest BCUT2D eigenvalue weighted by molar-refractivity contribution is 5.96. The summed E-state index contributed by atoms with van der Waals surface area (Å²) in [6.07, 6.45) is 1.71. The molecule has 3 rings (SSSR count). The van der Waals surface area contributed by atoms with Crippen LogP contribution in [0.4, 0.5) is 0 Å². The molecule has 0 aliphatic heterocycles. The Morgan fingerprint density at radius 1 is 1.45 bits per heavy atom. The lowest BCUT2D eigenvalue weighted by molar-refractivity contribution is 0.0950. The number of methoxy groups -OCH3 is 1. The molecule has 2 N–H and O–H groups in total. The van der Waals surface area contributed by atoms with Crippen LogP contribution in [0.1, 0.15) is 28.5 Å². The average Bonchev–Trinajstić information content (AvgIpc) is 2.91. The first-order valence-corrected chi connectivity index (χ1v) is 6.77. The van der Waals surface area contributed by atoms with Gasteiger partial charge in [-0.05, 0) is 43.5 Å². The van der Waals surface area contributed by atoms with Crippen LogP contribution in [0.15, 0.2) is 18.2 Å². The number of hydrogen-bond donors (Lipinski definition) is 2. The van der Waals surface area contributed by atoms with Crippen LogP contribution in [0.3, 0.4) is 0 Å². The van der Waals surface area contributed by atoms with Gasteiger partial charge < -0.3 is 10.1 Å². The Bertz CT molecular complexity index is 661. The quantitative estimate of drug-likeness (QED) is 0.896. The van der Waals surface area contributed by atoms with Crippen LogP contribution >= 0.6 is 0 Å². The predicted octanol–water partition coefficient (Wildman–Crippen LogP) is 1.93. The van der Waals surface area contributed by atoms with Gasteiger partial charge in [-0.3, -0.25) is 9.89 Å². The van der Waals surface area contributed by atoms with E-state index in [1.165, 1.54) is 5.56 Å². The first-order valence-electron chi connectivity index (χ1n) is 6.77. The van der Waals surface area contributed by atoms with E-state index in [4.69, 9.17) is 4.74 Å². The van der Waals surface area contributed by atoms with Crippen molar-refractivity contribution in [3.63, 3.8) is 0 Å². The van der Waals surface area contributed by atoms with Gasteiger partial charge in [-0.15, -0.1) is 0 Å². The molecule has 5 nitrogen and oxygen atoms in total. The van der Waals surface area contributed by atoms with E-state index in [1.54, 1.807) is 7.11 Å². The van der Waals surface area contributed by atoms with Crippen molar-refractivity contribution in [2.75, 3.05) is 13.7 Å². The lowest BCUT2D eigenvalue weighted by Gasteiger charge is -2.16. The van der Waals surface area contributed by atoms with E-state index >= 15 is 0 Å². The van der Waals surface area contributed by atoms with Gasteiger partial charge in [-0.2, -0.15) is 5.10 Å². The fraction of sp³-hybridized carbons (Fsp3) is 0.333. The number of benzene rings is 1. The Balaban J connectivity index is 2.03. The fourth-order valence-corrected chi connectivity index (χ4v) is 2.66. The molecule has 0 saturated heterocycles. The topological polar surface area (TPSA) is 67.0 Å². The zero-order valence-electron chi connectivity index (χ0n) is 11.6. The molecule has 5 heteroatoms. The number of hydrogen-bond acceptors (Lipinski definition) is 3. The number of rotatable bonds is 3. The average molecular weight is 271 g/mol. The number of H-pyrrole nitrogens is 1. The molecule has 104 valence electrons. The highest BCUT2D eigenvalue weighted by Gasteiger charge is 2.25. The van der Waals surface area contributed by atoms with Crippen LogP contribution in [0, 0.1) is 0 Å². The van der Waals surface area contributed by atoms with Crippen LogP contribution in [-0.4, -0.2) is 29.8 Å². The summed E-state index contributed by atoms with van der Waals surface area (Å²) in [6, 6.07) is 5.97. The lowest BCUT2D eigenvalue weighted by Crippen LogP contribution is -2.24. The molecule has 1 amide bonds. The summed E-state index contributed by atoms with van der Waals surface area (Å²) in [6.45, 7) is 2.52. The molecule has 0 fully saturated rings. The first-order chi connectivity index (χ1) is 9.74. The van der Waals surface area contributed by atoms with E-state index in [9.17, 15) is 4.79 Å². The third-order valence-electron chi connectivity index (χ3n) is 3.64. The van der Waals surface area contributed by atoms with E-state index in [-0.39, 0.29) is 5.91 Å². The van der Waals surface area contributed by atoms with E-state index in [1.807, 2.05) is 25.1 Å². The van der Waals surface area contributed by atoms with E-state index < -0.39 is 0 Å². The van der Waals surface area contributed by atoms with Crippen LogP contribution < -0.4 is 10.1 Å². The van der Waals surface area contributed by atoms with Crippen molar-refractivity contribution in [3.8, 4) is 17.0 Å². The molecule has 1 aliphatic carbocycles. The minimum absolute atomic E-state index is 0.0850. The molecule has 0 spiro atoms. The Kier molecular flexibility index (Phi) is 3.18. The number of aromatic nitrogens is 2. The maximum Gasteiger partial charge on any atom is 0.269 e. The minimum atomic E-state index is -0.0850. The zero-order chi connectivity index (χ0) is 14.1. The third-order valence-corrected chi connectivity index (χ3v) is 3.64. The van der Waals surface area contributed by atoms with Gasteiger partial charge in [0.05, 0.1) is 12.8 Å². The van der Waals surface area contributed by atoms with Crippen LogP contribution in [-0.2, 0) is 12.8 Å². The van der Waals surface area contributed by atoms with E-state index in [0.29, 0.717) is 12.2 Å². The van der Waals surface area contributed by atoms with Crippen molar-refractivity contribution in [2.45, 2.75) is 19.8 Å². The summed E-state index contributed by atoms with van der Waals surface area (Å²) in [5.41, 5.74) is 4.77.